The van der Waals surface area contributed by atoms with Crippen molar-refractivity contribution in [3.05, 3.63) is 24.3 Å². The first-order chi connectivity index (χ1) is 8.44. The van der Waals surface area contributed by atoms with Crippen molar-refractivity contribution in [1.29, 1.82) is 0 Å². The summed E-state index contributed by atoms with van der Waals surface area (Å²) in [5.74, 6) is -0.154. The van der Waals surface area contributed by atoms with E-state index in [1.807, 2.05) is 0 Å². The van der Waals surface area contributed by atoms with E-state index in [0.29, 0.717) is 18.8 Å². The molecule has 0 aromatic heterocycles. The Kier molecular flexibility index (Phi) is 3.82. The summed E-state index contributed by atoms with van der Waals surface area (Å²) >= 11 is -0.172. The molecule has 0 unspecified atom stereocenters. The molecule has 0 aliphatic carbocycles. The average molecular weight is 276 g/mol. The van der Waals surface area contributed by atoms with Gasteiger partial charge in [-0.3, -0.25) is 4.79 Å². The van der Waals surface area contributed by atoms with Crippen LogP contribution in [0, 0.1) is 5.92 Å². The van der Waals surface area contributed by atoms with Crippen LogP contribution in [0.1, 0.15) is 0 Å². The molecule has 2 N–H and O–H groups in total. The van der Waals surface area contributed by atoms with Gasteiger partial charge in [0.2, 0.25) is 5.91 Å². The second-order valence-electron chi connectivity index (χ2n) is 3.92. The first-order valence-corrected chi connectivity index (χ1v) is 6.13. The number of carbonyl (C=O) groups is 1. The van der Waals surface area contributed by atoms with Gasteiger partial charge >= 0.3 is 5.51 Å². The lowest BCUT2D eigenvalue weighted by Gasteiger charge is -2.25. The molecule has 1 heterocycles. The van der Waals surface area contributed by atoms with Crippen LogP contribution in [0.15, 0.2) is 29.2 Å². The maximum Gasteiger partial charge on any atom is 0.446 e. The third-order valence-electron chi connectivity index (χ3n) is 2.51. The third-order valence-corrected chi connectivity index (χ3v) is 3.25. The molecule has 1 saturated heterocycles. The van der Waals surface area contributed by atoms with Crippen LogP contribution < -0.4 is 10.6 Å². The predicted molar refractivity (Wildman–Crippen MR) is 63.3 cm³/mol. The quantitative estimate of drug-likeness (QED) is 0.833. The Labute approximate surface area is 106 Å². The number of benzene rings is 1. The van der Waals surface area contributed by atoms with Crippen LogP contribution in [0.5, 0.6) is 0 Å². The van der Waals surface area contributed by atoms with Gasteiger partial charge in [-0.05, 0) is 36.0 Å². The number of rotatable bonds is 3. The van der Waals surface area contributed by atoms with Crippen molar-refractivity contribution in [3.8, 4) is 0 Å². The molecular weight excluding hydrogens is 265 g/mol. The number of hydrogen-bond donors (Lipinski definition) is 2. The number of amides is 1. The Morgan fingerprint density at radius 1 is 1.28 bits per heavy atom. The maximum absolute atomic E-state index is 12.1. The number of nitrogens with one attached hydrogen (secondary N) is 2. The molecule has 0 saturated carbocycles. The van der Waals surface area contributed by atoms with Gasteiger partial charge in [0.25, 0.3) is 0 Å². The molecule has 1 aliphatic rings. The second kappa shape index (κ2) is 5.19. The summed E-state index contributed by atoms with van der Waals surface area (Å²) in [5.41, 5.74) is -3.78. The molecule has 1 aromatic rings. The maximum atomic E-state index is 12.1. The summed E-state index contributed by atoms with van der Waals surface area (Å²) in [6.07, 6.45) is 0. The number of anilines is 1. The molecular formula is C11H11F3N2OS. The van der Waals surface area contributed by atoms with Crippen LogP contribution in [0.25, 0.3) is 0 Å². The molecule has 98 valence electrons. The van der Waals surface area contributed by atoms with Crippen LogP contribution >= 0.6 is 11.8 Å². The van der Waals surface area contributed by atoms with E-state index in [2.05, 4.69) is 10.6 Å². The number of alkyl halides is 3. The zero-order chi connectivity index (χ0) is 13.2. The van der Waals surface area contributed by atoms with Gasteiger partial charge in [0, 0.05) is 23.7 Å². The fourth-order valence-electron chi connectivity index (χ4n) is 1.46. The van der Waals surface area contributed by atoms with Gasteiger partial charge in [-0.25, -0.2) is 0 Å². The summed E-state index contributed by atoms with van der Waals surface area (Å²) in [6.45, 7) is 1.29. The summed E-state index contributed by atoms with van der Waals surface area (Å²) in [5, 5.41) is 5.64. The Morgan fingerprint density at radius 3 is 2.33 bits per heavy atom. The largest absolute Gasteiger partial charge is 0.446 e. The van der Waals surface area contributed by atoms with E-state index in [9.17, 15) is 18.0 Å². The zero-order valence-electron chi connectivity index (χ0n) is 9.25. The smallest absolute Gasteiger partial charge is 0.326 e. The molecule has 1 fully saturated rings. The molecule has 7 heteroatoms. The second-order valence-corrected chi connectivity index (χ2v) is 5.06. The van der Waals surface area contributed by atoms with Crippen LogP contribution in [-0.2, 0) is 4.79 Å². The van der Waals surface area contributed by atoms with Crippen molar-refractivity contribution in [3.63, 3.8) is 0 Å². The van der Waals surface area contributed by atoms with Gasteiger partial charge in [0.05, 0.1) is 5.92 Å². The van der Waals surface area contributed by atoms with E-state index >= 15 is 0 Å². The number of carbonyl (C=O) groups excluding carboxylic acids is 1. The third kappa shape index (κ3) is 3.64. The summed E-state index contributed by atoms with van der Waals surface area (Å²) in [6, 6.07) is 5.62. The average Bonchev–Trinajstić information content (AvgIpc) is 2.16. The number of hydrogen-bond acceptors (Lipinski definition) is 3. The lowest BCUT2D eigenvalue weighted by molar-refractivity contribution is -0.121. The van der Waals surface area contributed by atoms with Gasteiger partial charge in [-0.2, -0.15) is 13.2 Å². The van der Waals surface area contributed by atoms with Gasteiger partial charge in [0.15, 0.2) is 0 Å². The molecule has 3 nitrogen and oxygen atoms in total. The normalized spacial score (nSPS) is 16.2. The minimum Gasteiger partial charge on any atom is -0.326 e. The van der Waals surface area contributed by atoms with E-state index in [4.69, 9.17) is 0 Å². The molecule has 1 aliphatic heterocycles. The van der Waals surface area contributed by atoms with Gasteiger partial charge < -0.3 is 10.6 Å². The standard InChI is InChI=1S/C11H11F3N2OS/c12-11(13,14)18-9-3-1-8(2-4-9)16-10(17)7-5-15-6-7/h1-4,7,15H,5-6H2,(H,16,17). The highest BCUT2D eigenvalue weighted by atomic mass is 32.2. The van der Waals surface area contributed by atoms with Crippen molar-refractivity contribution in [1.82, 2.24) is 5.32 Å². The Hall–Kier alpha value is -1.21. The molecule has 1 amide bonds. The van der Waals surface area contributed by atoms with Crippen LogP contribution in [-0.4, -0.2) is 24.5 Å². The summed E-state index contributed by atoms with van der Waals surface area (Å²) in [4.78, 5) is 11.7. The van der Waals surface area contributed by atoms with Crippen LogP contribution in [0.4, 0.5) is 18.9 Å². The SMILES string of the molecule is O=C(Nc1ccc(SC(F)(F)F)cc1)C1CNC1. The Bertz CT molecular complexity index is 429. The highest BCUT2D eigenvalue weighted by molar-refractivity contribution is 8.00. The lowest BCUT2D eigenvalue weighted by Crippen LogP contribution is -2.48. The van der Waals surface area contributed by atoms with E-state index in [1.165, 1.54) is 24.3 Å². The Balaban J connectivity index is 1.92. The van der Waals surface area contributed by atoms with E-state index in [0.717, 1.165) is 0 Å². The lowest BCUT2D eigenvalue weighted by atomic mass is 10.0. The topological polar surface area (TPSA) is 41.1 Å². The summed E-state index contributed by atoms with van der Waals surface area (Å²) < 4.78 is 36.3. The van der Waals surface area contributed by atoms with Crippen molar-refractivity contribution >= 4 is 23.4 Å². The van der Waals surface area contributed by atoms with Crippen molar-refractivity contribution in [2.45, 2.75) is 10.4 Å². The molecule has 0 bridgehead atoms. The van der Waals surface area contributed by atoms with Crippen molar-refractivity contribution < 1.29 is 18.0 Å². The predicted octanol–water partition coefficient (Wildman–Crippen LogP) is 2.46. The van der Waals surface area contributed by atoms with E-state index in [-0.39, 0.29) is 28.5 Å². The molecule has 0 radical (unpaired) electrons. The van der Waals surface area contributed by atoms with E-state index < -0.39 is 5.51 Å². The van der Waals surface area contributed by atoms with Crippen molar-refractivity contribution in [2.75, 3.05) is 18.4 Å². The molecule has 0 atom stereocenters. The minimum atomic E-state index is -4.29. The van der Waals surface area contributed by atoms with Gasteiger partial charge in [-0.1, -0.05) is 0 Å². The first kappa shape index (κ1) is 13.2. The molecule has 2 rings (SSSR count). The van der Waals surface area contributed by atoms with Crippen molar-refractivity contribution in [2.24, 2.45) is 5.92 Å². The highest BCUT2D eigenvalue weighted by Gasteiger charge is 2.29. The van der Waals surface area contributed by atoms with E-state index in [1.54, 1.807) is 0 Å². The monoisotopic (exact) mass is 276 g/mol. The first-order valence-electron chi connectivity index (χ1n) is 5.31. The summed E-state index contributed by atoms with van der Waals surface area (Å²) in [7, 11) is 0. The van der Waals surface area contributed by atoms with Crippen LogP contribution in [0.3, 0.4) is 0 Å². The minimum absolute atomic E-state index is 0.0470. The number of halogens is 3. The molecule has 0 spiro atoms. The Morgan fingerprint density at radius 2 is 1.89 bits per heavy atom. The zero-order valence-corrected chi connectivity index (χ0v) is 10.1. The van der Waals surface area contributed by atoms with Crippen LogP contribution in [0.2, 0.25) is 0 Å². The van der Waals surface area contributed by atoms with Gasteiger partial charge in [0.1, 0.15) is 0 Å². The molecule has 1 aromatic carbocycles. The van der Waals surface area contributed by atoms with Gasteiger partial charge in [-0.15, -0.1) is 0 Å². The fourth-order valence-corrected chi connectivity index (χ4v) is 2.00. The number of thioether (sulfide) groups is 1. The molecule has 18 heavy (non-hydrogen) atoms. The highest BCUT2D eigenvalue weighted by Crippen LogP contribution is 2.37. The fraction of sp³-hybridized carbons (Fsp3) is 0.364.